The number of fused-ring (bicyclic) bond motifs is 1. The average molecular weight is 279 g/mol. The van der Waals surface area contributed by atoms with Crippen LogP contribution >= 0.6 is 11.6 Å². The highest BCUT2D eigenvalue weighted by molar-refractivity contribution is 6.31. The topological polar surface area (TPSA) is 74.6 Å². The van der Waals surface area contributed by atoms with Crippen molar-refractivity contribution in [2.24, 2.45) is 0 Å². The van der Waals surface area contributed by atoms with Crippen LogP contribution in [-0.4, -0.2) is 22.2 Å². The molecular weight excluding hydrogens is 268 g/mol. The van der Waals surface area contributed by atoms with E-state index in [4.69, 9.17) is 16.7 Å². The Balaban J connectivity index is 2.61. The second kappa shape index (κ2) is 5.28. The molecule has 2 N–H and O–H groups in total. The fourth-order valence-corrected chi connectivity index (χ4v) is 2.25. The Kier molecular flexibility index (Phi) is 3.71. The van der Waals surface area contributed by atoms with Crippen molar-refractivity contribution in [3.63, 3.8) is 0 Å². The van der Waals surface area contributed by atoms with E-state index in [2.05, 4.69) is 0 Å². The third-order valence-electron chi connectivity index (χ3n) is 2.93. The predicted octanol–water partition coefficient (Wildman–Crippen LogP) is 3.14. The molecule has 2 aromatic carbocycles. The van der Waals surface area contributed by atoms with Crippen LogP contribution in [0.3, 0.4) is 0 Å². The molecule has 0 spiro atoms. The summed E-state index contributed by atoms with van der Waals surface area (Å²) in [5, 5.41) is 20.0. The Hall–Kier alpha value is -2.07. The lowest BCUT2D eigenvalue weighted by atomic mass is 9.91. The zero-order chi connectivity index (χ0) is 14.0. The van der Waals surface area contributed by atoms with E-state index in [0.717, 1.165) is 5.39 Å². The lowest BCUT2D eigenvalue weighted by molar-refractivity contribution is -0.145. The molecule has 0 fully saturated rings. The van der Waals surface area contributed by atoms with Gasteiger partial charge in [0, 0.05) is 5.02 Å². The van der Waals surface area contributed by atoms with E-state index in [-0.39, 0.29) is 0 Å². The molecule has 0 aliphatic heterocycles. The smallest absolute Gasteiger partial charge is 0.311 e. The van der Waals surface area contributed by atoms with Crippen molar-refractivity contribution in [2.75, 3.05) is 0 Å². The summed E-state index contributed by atoms with van der Waals surface area (Å²) in [6.45, 7) is 0. The van der Waals surface area contributed by atoms with Gasteiger partial charge in [0.25, 0.3) is 0 Å². The lowest BCUT2D eigenvalue weighted by Gasteiger charge is -2.13. The minimum atomic E-state index is -1.16. The second-order valence-corrected chi connectivity index (χ2v) is 4.64. The first kappa shape index (κ1) is 13.4. The van der Waals surface area contributed by atoms with Gasteiger partial charge in [0.1, 0.15) is 0 Å². The maximum atomic E-state index is 11.3. The van der Waals surface area contributed by atoms with Gasteiger partial charge in [-0.1, -0.05) is 35.9 Å². The lowest BCUT2D eigenvalue weighted by Crippen LogP contribution is -2.16. The maximum Gasteiger partial charge on any atom is 0.311 e. The van der Waals surface area contributed by atoms with E-state index in [9.17, 15) is 14.7 Å². The third kappa shape index (κ3) is 2.85. The molecule has 0 amide bonds. The Bertz CT molecular complexity index is 651. The summed E-state index contributed by atoms with van der Waals surface area (Å²) in [6.07, 6.45) is -0.457. The molecule has 4 nitrogen and oxygen atoms in total. The molecule has 0 bridgehead atoms. The second-order valence-electron chi connectivity index (χ2n) is 4.20. The van der Waals surface area contributed by atoms with E-state index in [1.807, 2.05) is 6.07 Å². The molecular formula is C14H11ClO4. The number of aliphatic carboxylic acids is 2. The van der Waals surface area contributed by atoms with E-state index in [0.29, 0.717) is 16.0 Å². The molecule has 0 heterocycles. The maximum absolute atomic E-state index is 11.3. The van der Waals surface area contributed by atoms with Crippen LogP contribution in [0.1, 0.15) is 17.9 Å². The summed E-state index contributed by atoms with van der Waals surface area (Å²) in [6, 6.07) is 10.3. The highest BCUT2D eigenvalue weighted by atomic mass is 35.5. The highest BCUT2D eigenvalue weighted by Gasteiger charge is 2.24. The first-order chi connectivity index (χ1) is 8.99. The van der Waals surface area contributed by atoms with E-state index in [1.165, 1.54) is 0 Å². The van der Waals surface area contributed by atoms with Crippen LogP contribution in [0.15, 0.2) is 36.4 Å². The molecule has 0 saturated heterocycles. The van der Waals surface area contributed by atoms with Gasteiger partial charge in [0.05, 0.1) is 12.3 Å². The number of rotatable bonds is 4. The third-order valence-corrected chi connectivity index (χ3v) is 3.17. The zero-order valence-corrected chi connectivity index (χ0v) is 10.6. The summed E-state index contributed by atoms with van der Waals surface area (Å²) in [5.41, 5.74) is 0.468. The SMILES string of the molecule is O=C(O)CC(C(=O)O)c1cccc2ccc(Cl)cc12. The molecule has 0 saturated carbocycles. The van der Waals surface area contributed by atoms with Gasteiger partial charge in [-0.3, -0.25) is 9.59 Å². The first-order valence-corrected chi connectivity index (χ1v) is 5.99. The summed E-state index contributed by atoms with van der Waals surface area (Å²) < 4.78 is 0. The van der Waals surface area contributed by atoms with E-state index in [1.54, 1.807) is 30.3 Å². The van der Waals surface area contributed by atoms with Crippen LogP contribution in [0.25, 0.3) is 10.8 Å². The van der Waals surface area contributed by atoms with Crippen LogP contribution in [0.5, 0.6) is 0 Å². The fraction of sp³-hybridized carbons (Fsp3) is 0.143. The van der Waals surface area contributed by atoms with Crippen LogP contribution in [0, 0.1) is 0 Å². The number of carboxylic acid groups (broad SMARTS) is 2. The molecule has 1 unspecified atom stereocenters. The first-order valence-electron chi connectivity index (χ1n) is 5.62. The predicted molar refractivity (Wildman–Crippen MR) is 71.6 cm³/mol. The molecule has 0 aliphatic rings. The molecule has 0 aromatic heterocycles. The number of carbonyl (C=O) groups is 2. The van der Waals surface area contributed by atoms with Gasteiger partial charge in [-0.15, -0.1) is 0 Å². The number of halogens is 1. The zero-order valence-electron chi connectivity index (χ0n) is 9.84. The number of hydrogen-bond donors (Lipinski definition) is 2. The van der Waals surface area contributed by atoms with E-state index < -0.39 is 24.3 Å². The molecule has 98 valence electrons. The van der Waals surface area contributed by atoms with Gasteiger partial charge in [-0.05, 0) is 28.5 Å². The minimum Gasteiger partial charge on any atom is -0.481 e. The molecule has 0 radical (unpaired) electrons. The summed E-state index contributed by atoms with van der Waals surface area (Å²) in [5.74, 6) is -3.39. The highest BCUT2D eigenvalue weighted by Crippen LogP contribution is 2.30. The molecule has 19 heavy (non-hydrogen) atoms. The molecule has 1 atom stereocenters. The van der Waals surface area contributed by atoms with Gasteiger partial charge in [0.2, 0.25) is 0 Å². The van der Waals surface area contributed by atoms with E-state index >= 15 is 0 Å². The molecule has 0 aliphatic carbocycles. The fourth-order valence-electron chi connectivity index (χ4n) is 2.08. The van der Waals surface area contributed by atoms with Crippen LogP contribution in [0.4, 0.5) is 0 Å². The van der Waals surface area contributed by atoms with Crippen molar-refractivity contribution in [2.45, 2.75) is 12.3 Å². The van der Waals surface area contributed by atoms with Crippen molar-refractivity contribution in [3.8, 4) is 0 Å². The normalized spacial score (nSPS) is 12.3. The average Bonchev–Trinajstić information content (AvgIpc) is 2.35. The van der Waals surface area contributed by atoms with Crippen molar-refractivity contribution in [1.29, 1.82) is 0 Å². The summed E-state index contributed by atoms with van der Waals surface area (Å²) >= 11 is 5.92. The largest absolute Gasteiger partial charge is 0.481 e. The van der Waals surface area contributed by atoms with Crippen molar-refractivity contribution < 1.29 is 19.8 Å². The Morgan fingerprint density at radius 1 is 1.16 bits per heavy atom. The molecule has 2 rings (SSSR count). The number of hydrogen-bond acceptors (Lipinski definition) is 2. The van der Waals surface area contributed by atoms with Gasteiger partial charge < -0.3 is 10.2 Å². The summed E-state index contributed by atoms with van der Waals surface area (Å²) in [7, 11) is 0. The Labute approximate surface area is 114 Å². The van der Waals surface area contributed by atoms with Crippen LogP contribution in [0.2, 0.25) is 5.02 Å². The Morgan fingerprint density at radius 3 is 2.53 bits per heavy atom. The van der Waals surface area contributed by atoms with Crippen molar-refractivity contribution >= 4 is 34.3 Å². The summed E-state index contributed by atoms with van der Waals surface area (Å²) in [4.78, 5) is 22.1. The van der Waals surface area contributed by atoms with Gasteiger partial charge in [-0.25, -0.2) is 0 Å². The minimum absolute atomic E-state index is 0.457. The van der Waals surface area contributed by atoms with Crippen molar-refractivity contribution in [3.05, 3.63) is 47.0 Å². The van der Waals surface area contributed by atoms with Gasteiger partial charge >= 0.3 is 11.9 Å². The quantitative estimate of drug-likeness (QED) is 0.901. The van der Waals surface area contributed by atoms with Crippen molar-refractivity contribution in [1.82, 2.24) is 0 Å². The standard InChI is InChI=1S/C14H11ClO4/c15-9-5-4-8-2-1-3-10(11(8)6-9)12(14(18)19)7-13(16)17/h1-6,12H,7H2,(H,16,17)(H,18,19). The number of benzene rings is 2. The number of carboxylic acids is 2. The Morgan fingerprint density at radius 2 is 1.89 bits per heavy atom. The van der Waals surface area contributed by atoms with Crippen LogP contribution in [-0.2, 0) is 9.59 Å². The molecule has 2 aromatic rings. The molecule has 5 heteroatoms. The van der Waals surface area contributed by atoms with Gasteiger partial charge in [-0.2, -0.15) is 0 Å². The van der Waals surface area contributed by atoms with Gasteiger partial charge in [0.15, 0.2) is 0 Å². The van der Waals surface area contributed by atoms with Crippen LogP contribution < -0.4 is 0 Å². The monoisotopic (exact) mass is 278 g/mol.